The molecule has 9 nitrogen and oxygen atoms in total. The Kier molecular flexibility index (Phi) is 5.55. The molecule has 1 aliphatic heterocycles. The Morgan fingerprint density at radius 1 is 0.909 bits per heavy atom. The van der Waals surface area contributed by atoms with Crippen LogP contribution in [-0.2, 0) is 17.1 Å². The van der Waals surface area contributed by atoms with Crippen molar-refractivity contribution in [3.05, 3.63) is 61.4 Å². The zero-order valence-corrected chi connectivity index (χ0v) is 19.4. The van der Waals surface area contributed by atoms with Crippen molar-refractivity contribution >= 4 is 10.0 Å². The molecule has 5 rings (SSSR count). The molecule has 0 amide bonds. The van der Waals surface area contributed by atoms with E-state index < -0.39 is 10.0 Å². The average molecular weight is 464 g/mol. The van der Waals surface area contributed by atoms with Crippen LogP contribution < -0.4 is 0 Å². The van der Waals surface area contributed by atoms with E-state index in [2.05, 4.69) is 26.2 Å². The maximum Gasteiger partial charge on any atom is 0.211 e. The van der Waals surface area contributed by atoms with Gasteiger partial charge in [-0.05, 0) is 24.5 Å². The number of benzene rings is 1. The van der Waals surface area contributed by atoms with Gasteiger partial charge in [-0.2, -0.15) is 10.2 Å². The van der Waals surface area contributed by atoms with E-state index >= 15 is 0 Å². The highest BCUT2D eigenvalue weighted by atomic mass is 32.2. The second-order valence-corrected chi connectivity index (χ2v) is 10.4. The summed E-state index contributed by atoms with van der Waals surface area (Å²) >= 11 is 0. The first kappa shape index (κ1) is 21.5. The van der Waals surface area contributed by atoms with Crippen molar-refractivity contribution in [2.75, 3.05) is 19.3 Å². The molecule has 0 radical (unpaired) electrons. The maximum atomic E-state index is 11.9. The molecule has 1 aliphatic rings. The fourth-order valence-electron chi connectivity index (χ4n) is 4.16. The van der Waals surface area contributed by atoms with Crippen molar-refractivity contribution in [1.29, 1.82) is 0 Å². The average Bonchev–Trinajstić information content (AvgIpc) is 3.49. The minimum Gasteiger partial charge on any atom is -0.275 e. The van der Waals surface area contributed by atoms with Crippen LogP contribution in [0, 0.1) is 0 Å². The van der Waals surface area contributed by atoms with E-state index in [-0.39, 0.29) is 6.04 Å². The molecule has 0 spiro atoms. The van der Waals surface area contributed by atoms with E-state index in [9.17, 15) is 8.42 Å². The van der Waals surface area contributed by atoms with Gasteiger partial charge in [-0.15, -0.1) is 0 Å². The molecule has 170 valence electrons. The largest absolute Gasteiger partial charge is 0.275 e. The van der Waals surface area contributed by atoms with Crippen LogP contribution in [0.1, 0.15) is 18.9 Å². The maximum absolute atomic E-state index is 11.9. The molecule has 4 aromatic rings. The van der Waals surface area contributed by atoms with Crippen molar-refractivity contribution in [1.82, 2.24) is 33.8 Å². The van der Waals surface area contributed by atoms with Gasteiger partial charge in [0.15, 0.2) is 5.82 Å². The lowest BCUT2D eigenvalue weighted by molar-refractivity contribution is 0.255. The SMILES string of the molecule is Cn1cc(-c2cccc(-c3ncc(-c4cnn(C5CCCN(S(C)(=O)=O)C5)c4)cn3)c2)cn1. The van der Waals surface area contributed by atoms with E-state index in [0.717, 1.165) is 40.7 Å². The summed E-state index contributed by atoms with van der Waals surface area (Å²) in [4.78, 5) is 9.15. The topological polar surface area (TPSA) is 98.8 Å². The fraction of sp³-hybridized carbons (Fsp3) is 0.304. The quantitative estimate of drug-likeness (QED) is 0.451. The normalized spacial score (nSPS) is 17.3. The minimum atomic E-state index is -3.20. The Hall–Kier alpha value is -3.37. The van der Waals surface area contributed by atoms with Gasteiger partial charge >= 0.3 is 0 Å². The molecule has 0 N–H and O–H groups in total. The Bertz CT molecular complexity index is 1380. The van der Waals surface area contributed by atoms with Gasteiger partial charge in [0.25, 0.3) is 0 Å². The first-order chi connectivity index (χ1) is 15.9. The summed E-state index contributed by atoms with van der Waals surface area (Å²) < 4.78 is 29.0. The number of piperidine rings is 1. The predicted molar refractivity (Wildman–Crippen MR) is 126 cm³/mol. The van der Waals surface area contributed by atoms with Crippen LogP contribution in [0.4, 0.5) is 0 Å². The third kappa shape index (κ3) is 4.57. The van der Waals surface area contributed by atoms with Gasteiger partial charge in [0.05, 0.1) is 24.7 Å². The Morgan fingerprint density at radius 3 is 2.36 bits per heavy atom. The second-order valence-electron chi connectivity index (χ2n) is 8.40. The summed E-state index contributed by atoms with van der Waals surface area (Å²) in [6.45, 7) is 1.02. The molecule has 1 atom stereocenters. The van der Waals surface area contributed by atoms with Gasteiger partial charge in [-0.1, -0.05) is 18.2 Å². The van der Waals surface area contributed by atoms with Gasteiger partial charge in [0, 0.05) is 67.2 Å². The molecule has 0 saturated carbocycles. The van der Waals surface area contributed by atoms with Gasteiger partial charge in [0.1, 0.15) is 0 Å². The van der Waals surface area contributed by atoms with E-state index in [0.29, 0.717) is 18.9 Å². The minimum absolute atomic E-state index is 0.0256. The lowest BCUT2D eigenvalue weighted by Gasteiger charge is -2.30. The summed E-state index contributed by atoms with van der Waals surface area (Å²) in [6.07, 6.45) is 14.1. The van der Waals surface area contributed by atoms with E-state index in [1.54, 1.807) is 23.3 Å². The van der Waals surface area contributed by atoms with Crippen LogP contribution in [0.5, 0.6) is 0 Å². The second kappa shape index (κ2) is 8.53. The van der Waals surface area contributed by atoms with Crippen LogP contribution >= 0.6 is 0 Å². The predicted octanol–water partition coefficient (Wildman–Crippen LogP) is 3.00. The molecule has 10 heteroatoms. The smallest absolute Gasteiger partial charge is 0.211 e. The first-order valence-corrected chi connectivity index (χ1v) is 12.6. The number of nitrogens with zero attached hydrogens (tertiary/aromatic N) is 7. The lowest BCUT2D eigenvalue weighted by Crippen LogP contribution is -2.40. The molecule has 0 bridgehead atoms. The Morgan fingerprint density at radius 2 is 1.64 bits per heavy atom. The molecule has 1 aromatic carbocycles. The lowest BCUT2D eigenvalue weighted by atomic mass is 10.1. The fourth-order valence-corrected chi connectivity index (χ4v) is 5.06. The monoisotopic (exact) mass is 463 g/mol. The summed E-state index contributed by atoms with van der Waals surface area (Å²) in [5, 5.41) is 8.73. The molecule has 0 aliphatic carbocycles. The van der Waals surface area contributed by atoms with Crippen LogP contribution in [-0.4, -0.2) is 61.6 Å². The van der Waals surface area contributed by atoms with Crippen LogP contribution in [0.15, 0.2) is 61.4 Å². The van der Waals surface area contributed by atoms with Crippen LogP contribution in [0.25, 0.3) is 33.6 Å². The number of sulfonamides is 1. The molecular formula is C23H25N7O2S. The third-order valence-corrected chi connectivity index (χ3v) is 7.22. The molecule has 33 heavy (non-hydrogen) atoms. The Labute approximate surface area is 192 Å². The van der Waals surface area contributed by atoms with Crippen molar-refractivity contribution in [3.8, 4) is 33.6 Å². The molecular weight excluding hydrogens is 438 g/mol. The first-order valence-electron chi connectivity index (χ1n) is 10.8. The van der Waals surface area contributed by atoms with Crippen molar-refractivity contribution in [2.24, 2.45) is 7.05 Å². The summed E-state index contributed by atoms with van der Waals surface area (Å²) in [6, 6.07) is 8.10. The zero-order chi connectivity index (χ0) is 23.0. The summed E-state index contributed by atoms with van der Waals surface area (Å²) in [5.41, 5.74) is 4.80. The van der Waals surface area contributed by atoms with E-state index in [1.807, 2.05) is 48.5 Å². The van der Waals surface area contributed by atoms with Crippen molar-refractivity contribution in [2.45, 2.75) is 18.9 Å². The standard InChI is InChI=1S/C23H25N7O2S/c1-28-14-20(12-26-28)17-5-3-6-18(9-17)23-24-10-19(11-25-23)21-13-27-30(15-21)22-7-4-8-29(16-22)33(2,31)32/h3,5-6,9-15,22H,4,7-8,16H2,1-2H3. The van der Waals surface area contributed by atoms with E-state index in [4.69, 9.17) is 0 Å². The van der Waals surface area contributed by atoms with Gasteiger partial charge in [0.2, 0.25) is 10.0 Å². The molecule has 1 fully saturated rings. The molecule has 4 heterocycles. The summed E-state index contributed by atoms with van der Waals surface area (Å²) in [7, 11) is -1.30. The van der Waals surface area contributed by atoms with Crippen LogP contribution in [0.3, 0.4) is 0 Å². The number of aromatic nitrogens is 6. The summed E-state index contributed by atoms with van der Waals surface area (Å²) in [5.74, 6) is 0.646. The molecule has 3 aromatic heterocycles. The van der Waals surface area contributed by atoms with Gasteiger partial charge in [-0.25, -0.2) is 22.7 Å². The van der Waals surface area contributed by atoms with Gasteiger partial charge < -0.3 is 0 Å². The molecule has 1 unspecified atom stereocenters. The van der Waals surface area contributed by atoms with Crippen LogP contribution in [0.2, 0.25) is 0 Å². The zero-order valence-electron chi connectivity index (χ0n) is 18.5. The highest BCUT2D eigenvalue weighted by molar-refractivity contribution is 7.88. The third-order valence-electron chi connectivity index (χ3n) is 5.95. The number of aryl methyl sites for hydroxylation is 1. The van der Waals surface area contributed by atoms with Crippen molar-refractivity contribution < 1.29 is 8.42 Å². The number of rotatable bonds is 5. The highest BCUT2D eigenvalue weighted by Gasteiger charge is 2.27. The van der Waals surface area contributed by atoms with Gasteiger partial charge in [-0.3, -0.25) is 9.36 Å². The van der Waals surface area contributed by atoms with Crippen molar-refractivity contribution in [3.63, 3.8) is 0 Å². The van der Waals surface area contributed by atoms with E-state index in [1.165, 1.54) is 10.6 Å². The highest BCUT2D eigenvalue weighted by Crippen LogP contribution is 2.27. The number of hydrogen-bond acceptors (Lipinski definition) is 6. The Balaban J connectivity index is 1.34. The molecule has 1 saturated heterocycles. The number of hydrogen-bond donors (Lipinski definition) is 0.